The van der Waals surface area contributed by atoms with Crippen molar-refractivity contribution in [2.24, 2.45) is 16.8 Å². The molecule has 1 aromatic heterocycles. The van der Waals surface area contributed by atoms with Gasteiger partial charge in [0.25, 0.3) is 0 Å². The monoisotopic (exact) mass is 555 g/mol. The standard InChI is InChI=1S/C26H28F3N9O2/c1-16(24(39)38-6-5-17(9-30)14-38)33-12-20(11-32)19(10-31)8-23-34-13-22(37-23)18-3-2-4-21(7-18)36-25(40)35-15-26(27,28)29/h2-4,7-8,10-13,16-17,20,31-32H,5-6,14-15H2,1H3,(H,34,37)(H2,35,36,40)/b19-8+,31-10?,32-11?,33-12?. The first kappa shape index (κ1) is 29.8. The number of hydrogen-bond donors (Lipinski definition) is 5. The Morgan fingerprint density at radius 2 is 2.15 bits per heavy atom. The maximum Gasteiger partial charge on any atom is 0.405 e. The lowest BCUT2D eigenvalue weighted by atomic mass is 10.0. The summed E-state index contributed by atoms with van der Waals surface area (Å²) in [5.41, 5.74) is 1.78. The van der Waals surface area contributed by atoms with E-state index in [0.29, 0.717) is 42.2 Å². The number of likely N-dealkylation sites (tertiary alicyclic amines) is 1. The van der Waals surface area contributed by atoms with Crippen LogP contribution in [0.5, 0.6) is 0 Å². The summed E-state index contributed by atoms with van der Waals surface area (Å²) in [5, 5.41) is 28.7. The molecule has 2 aromatic rings. The Kier molecular flexibility index (Phi) is 9.91. The minimum Gasteiger partial charge on any atom is -0.339 e. The van der Waals surface area contributed by atoms with Crippen molar-refractivity contribution in [3.8, 4) is 17.3 Å². The summed E-state index contributed by atoms with van der Waals surface area (Å²) in [5.74, 6) is -0.724. The summed E-state index contributed by atoms with van der Waals surface area (Å²) in [6.07, 6.45) is 2.73. The van der Waals surface area contributed by atoms with Gasteiger partial charge in [0.05, 0.1) is 29.8 Å². The van der Waals surface area contributed by atoms with Gasteiger partial charge in [-0.1, -0.05) is 12.1 Å². The van der Waals surface area contributed by atoms with Crippen molar-refractivity contribution in [1.29, 1.82) is 16.1 Å². The van der Waals surface area contributed by atoms with E-state index in [9.17, 15) is 22.8 Å². The third-order valence-electron chi connectivity index (χ3n) is 6.02. The molecule has 11 nitrogen and oxygen atoms in total. The molecule has 1 fully saturated rings. The number of rotatable bonds is 10. The molecular formula is C26H28F3N9O2. The number of carbonyl (C=O) groups is 2. The van der Waals surface area contributed by atoms with Crippen LogP contribution in [0.2, 0.25) is 0 Å². The van der Waals surface area contributed by atoms with E-state index in [1.54, 1.807) is 41.4 Å². The molecule has 2 heterocycles. The van der Waals surface area contributed by atoms with Crippen LogP contribution in [0.4, 0.5) is 23.7 Å². The minimum atomic E-state index is -4.52. The van der Waals surface area contributed by atoms with Crippen LogP contribution in [0.15, 0.2) is 41.0 Å². The highest BCUT2D eigenvalue weighted by Gasteiger charge is 2.29. The third-order valence-corrected chi connectivity index (χ3v) is 6.02. The van der Waals surface area contributed by atoms with E-state index in [1.165, 1.54) is 18.5 Å². The first-order chi connectivity index (χ1) is 19.0. The molecule has 0 saturated carbocycles. The van der Waals surface area contributed by atoms with E-state index in [4.69, 9.17) is 16.1 Å². The van der Waals surface area contributed by atoms with Crippen LogP contribution in [-0.4, -0.2) is 77.3 Å². The predicted octanol–water partition coefficient (Wildman–Crippen LogP) is 3.89. The van der Waals surface area contributed by atoms with E-state index in [0.717, 1.165) is 12.4 Å². The number of aliphatic imine (C=N–C) groups is 1. The summed E-state index contributed by atoms with van der Waals surface area (Å²) >= 11 is 0. The van der Waals surface area contributed by atoms with E-state index in [1.807, 2.05) is 0 Å². The zero-order chi connectivity index (χ0) is 29.3. The van der Waals surface area contributed by atoms with Crippen molar-refractivity contribution in [2.75, 3.05) is 25.0 Å². The van der Waals surface area contributed by atoms with Crippen LogP contribution in [0.25, 0.3) is 17.3 Å². The van der Waals surface area contributed by atoms with Crippen LogP contribution in [0.3, 0.4) is 0 Å². The Bertz CT molecular complexity index is 1340. The second-order valence-corrected chi connectivity index (χ2v) is 9.04. The minimum absolute atomic E-state index is 0.179. The summed E-state index contributed by atoms with van der Waals surface area (Å²) in [6, 6.07) is 6.85. The average molecular weight is 556 g/mol. The molecule has 14 heteroatoms. The van der Waals surface area contributed by atoms with Gasteiger partial charge in [-0.05, 0) is 37.1 Å². The van der Waals surface area contributed by atoms with Crippen LogP contribution in [-0.2, 0) is 4.79 Å². The molecule has 0 spiro atoms. The molecule has 0 aliphatic carbocycles. The number of amides is 3. The number of urea groups is 1. The molecule has 1 saturated heterocycles. The van der Waals surface area contributed by atoms with Gasteiger partial charge in [0, 0.05) is 43.0 Å². The molecule has 3 atom stereocenters. The largest absolute Gasteiger partial charge is 0.405 e. The van der Waals surface area contributed by atoms with Crippen molar-refractivity contribution < 1.29 is 22.8 Å². The number of carbonyl (C=O) groups excluding carboxylic acids is 2. The lowest BCUT2D eigenvalue weighted by Crippen LogP contribution is -2.36. The highest BCUT2D eigenvalue weighted by molar-refractivity contribution is 5.99. The fourth-order valence-electron chi connectivity index (χ4n) is 3.91. The SMILES string of the molecule is CC(N=CC(C=N)/C(C=N)=C/c1ncc(-c2cccc(NC(=O)NCC(F)(F)F)c2)[nH]1)C(=O)N1CCC(C#N)C1. The molecular weight excluding hydrogens is 527 g/mol. The second kappa shape index (κ2) is 13.3. The van der Waals surface area contributed by atoms with Gasteiger partial charge in [0.2, 0.25) is 5.91 Å². The maximum absolute atomic E-state index is 12.6. The number of nitrogens with one attached hydrogen (secondary N) is 5. The van der Waals surface area contributed by atoms with Gasteiger partial charge in [-0.2, -0.15) is 18.4 Å². The van der Waals surface area contributed by atoms with Crippen LogP contribution in [0, 0.1) is 34.0 Å². The maximum atomic E-state index is 12.6. The first-order valence-corrected chi connectivity index (χ1v) is 12.2. The van der Waals surface area contributed by atoms with Crippen LogP contribution >= 0.6 is 0 Å². The summed E-state index contributed by atoms with van der Waals surface area (Å²) in [6.45, 7) is 1.05. The van der Waals surface area contributed by atoms with Crippen molar-refractivity contribution in [1.82, 2.24) is 20.2 Å². The molecule has 210 valence electrons. The summed E-state index contributed by atoms with van der Waals surface area (Å²) in [7, 11) is 0. The predicted molar refractivity (Wildman–Crippen MR) is 144 cm³/mol. The van der Waals surface area contributed by atoms with E-state index in [2.05, 4.69) is 26.3 Å². The molecule has 40 heavy (non-hydrogen) atoms. The molecule has 0 bridgehead atoms. The van der Waals surface area contributed by atoms with Crippen LogP contribution < -0.4 is 10.6 Å². The fourth-order valence-corrected chi connectivity index (χ4v) is 3.91. The highest BCUT2D eigenvalue weighted by atomic mass is 19.4. The van der Waals surface area contributed by atoms with Crippen molar-refractivity contribution >= 4 is 42.3 Å². The Hall–Kier alpha value is -4.80. The van der Waals surface area contributed by atoms with E-state index in [-0.39, 0.29) is 17.5 Å². The molecule has 3 unspecified atom stereocenters. The Labute approximate surface area is 228 Å². The van der Waals surface area contributed by atoms with Gasteiger partial charge >= 0.3 is 12.2 Å². The molecule has 3 amide bonds. The van der Waals surface area contributed by atoms with E-state index < -0.39 is 30.7 Å². The van der Waals surface area contributed by atoms with Gasteiger partial charge in [-0.3, -0.25) is 9.79 Å². The smallest absolute Gasteiger partial charge is 0.339 e. The normalized spacial score (nSPS) is 17.2. The molecule has 1 aromatic carbocycles. The van der Waals surface area contributed by atoms with Crippen molar-refractivity contribution in [3.05, 3.63) is 41.9 Å². The number of halogens is 3. The number of allylic oxidation sites excluding steroid dienone is 1. The molecule has 1 aliphatic heterocycles. The van der Waals surface area contributed by atoms with Crippen molar-refractivity contribution in [3.63, 3.8) is 0 Å². The zero-order valence-corrected chi connectivity index (χ0v) is 21.5. The van der Waals surface area contributed by atoms with Gasteiger partial charge in [0.1, 0.15) is 18.4 Å². The lowest BCUT2D eigenvalue weighted by molar-refractivity contribution is -0.131. The van der Waals surface area contributed by atoms with Gasteiger partial charge in [-0.15, -0.1) is 0 Å². The number of H-pyrrole nitrogens is 1. The number of hydrogen-bond acceptors (Lipinski definition) is 7. The number of aromatic amines is 1. The number of benzene rings is 1. The van der Waals surface area contributed by atoms with Gasteiger partial charge in [0.15, 0.2) is 0 Å². The number of imidazole rings is 1. The van der Waals surface area contributed by atoms with E-state index >= 15 is 0 Å². The highest BCUT2D eigenvalue weighted by Crippen LogP contribution is 2.22. The van der Waals surface area contributed by atoms with Gasteiger partial charge < -0.3 is 31.3 Å². The Morgan fingerprint density at radius 1 is 1.38 bits per heavy atom. The lowest BCUT2D eigenvalue weighted by Gasteiger charge is -2.18. The molecule has 5 N–H and O–H groups in total. The number of nitriles is 1. The second-order valence-electron chi connectivity index (χ2n) is 9.04. The van der Waals surface area contributed by atoms with Gasteiger partial charge in [-0.25, -0.2) is 9.78 Å². The Balaban J connectivity index is 1.68. The zero-order valence-electron chi connectivity index (χ0n) is 21.5. The fraction of sp³-hybridized carbons (Fsp3) is 0.346. The number of aromatic nitrogens is 2. The Morgan fingerprint density at radius 3 is 2.80 bits per heavy atom. The molecule has 1 aliphatic rings. The summed E-state index contributed by atoms with van der Waals surface area (Å²) < 4.78 is 36.9. The number of nitrogens with zero attached hydrogens (tertiary/aromatic N) is 4. The quantitative estimate of drug-likeness (QED) is 0.280. The van der Waals surface area contributed by atoms with Crippen LogP contribution in [0.1, 0.15) is 19.2 Å². The third kappa shape index (κ3) is 8.35. The topological polar surface area (TPSA) is 174 Å². The summed E-state index contributed by atoms with van der Waals surface area (Å²) in [4.78, 5) is 37.6. The van der Waals surface area contributed by atoms with Crippen molar-refractivity contribution in [2.45, 2.75) is 25.6 Å². The molecule has 0 radical (unpaired) electrons. The number of alkyl halides is 3. The number of anilines is 1. The molecule has 3 rings (SSSR count). The first-order valence-electron chi connectivity index (χ1n) is 12.2. The average Bonchev–Trinajstić information content (AvgIpc) is 3.61.